The number of amides is 3. The number of carbonyl (C=O) groups is 4. The van der Waals surface area contributed by atoms with Crippen LogP contribution in [0.2, 0.25) is 0 Å². The lowest BCUT2D eigenvalue weighted by atomic mass is 10.0. The van der Waals surface area contributed by atoms with Gasteiger partial charge in [-0.1, -0.05) is 48.5 Å². The van der Waals surface area contributed by atoms with Gasteiger partial charge in [-0.25, -0.2) is 4.79 Å². The molecule has 0 unspecified atom stereocenters. The average Bonchev–Trinajstić information content (AvgIpc) is 3.10. The fourth-order valence-corrected chi connectivity index (χ4v) is 4.71. The van der Waals surface area contributed by atoms with E-state index in [1.54, 1.807) is 66.7 Å². The monoisotopic (exact) mass is 666 g/mol. The molecule has 0 radical (unpaired) electrons. The summed E-state index contributed by atoms with van der Waals surface area (Å²) < 4.78 is 15.8. The van der Waals surface area contributed by atoms with E-state index in [1.165, 1.54) is 38.5 Å². The van der Waals surface area contributed by atoms with Crippen molar-refractivity contribution in [1.29, 1.82) is 0 Å². The smallest absolute Gasteiger partial charge is 0.459 e. The number of methoxy groups -OCH3 is 3. The highest BCUT2D eigenvalue weighted by Gasteiger charge is 2.27. The SMILES string of the molecule is COc1cc(C(=O)NC=NC(=O)ON(c2ccc(C)c(NC(=O)c3ccc(C(=O)c4ccccc4)cc3)c2)C(C)(C)C)cc(OC)c1OC. The van der Waals surface area contributed by atoms with E-state index in [1.807, 2.05) is 33.8 Å². The lowest BCUT2D eigenvalue weighted by molar-refractivity contribution is 0.0975. The first-order valence-electron chi connectivity index (χ1n) is 15.1. The number of nitrogens with one attached hydrogen (secondary N) is 2. The number of hydrogen-bond acceptors (Lipinski definition) is 9. The summed E-state index contributed by atoms with van der Waals surface area (Å²) in [5.41, 5.74) is 2.53. The van der Waals surface area contributed by atoms with Gasteiger partial charge in [0.25, 0.3) is 11.8 Å². The third-order valence-electron chi connectivity index (χ3n) is 7.22. The zero-order valence-electron chi connectivity index (χ0n) is 28.3. The maximum absolute atomic E-state index is 13.2. The minimum atomic E-state index is -1.00. The van der Waals surface area contributed by atoms with Crippen LogP contribution in [0.3, 0.4) is 0 Å². The normalized spacial score (nSPS) is 11.0. The van der Waals surface area contributed by atoms with Gasteiger partial charge in [-0.15, -0.1) is 0 Å². The van der Waals surface area contributed by atoms with E-state index >= 15 is 0 Å². The summed E-state index contributed by atoms with van der Waals surface area (Å²) in [6.45, 7) is 7.31. The highest BCUT2D eigenvalue weighted by molar-refractivity contribution is 6.10. The second-order valence-corrected chi connectivity index (χ2v) is 11.7. The van der Waals surface area contributed by atoms with Gasteiger partial charge in [0.2, 0.25) is 5.75 Å². The Hall–Kier alpha value is -6.17. The van der Waals surface area contributed by atoms with Crippen molar-refractivity contribution in [3.8, 4) is 17.2 Å². The second-order valence-electron chi connectivity index (χ2n) is 11.7. The van der Waals surface area contributed by atoms with Crippen LogP contribution in [-0.2, 0) is 4.84 Å². The van der Waals surface area contributed by atoms with Gasteiger partial charge in [0.15, 0.2) is 17.3 Å². The van der Waals surface area contributed by atoms with Gasteiger partial charge < -0.3 is 29.7 Å². The van der Waals surface area contributed by atoms with Gasteiger partial charge in [-0.05, 0) is 69.7 Å². The Balaban J connectivity index is 1.45. The molecular weight excluding hydrogens is 628 g/mol. The summed E-state index contributed by atoms with van der Waals surface area (Å²) in [7, 11) is 4.31. The average molecular weight is 667 g/mol. The van der Waals surface area contributed by atoms with Crippen LogP contribution >= 0.6 is 0 Å². The van der Waals surface area contributed by atoms with Gasteiger partial charge in [0.1, 0.15) is 6.34 Å². The molecule has 254 valence electrons. The quantitative estimate of drug-likeness (QED) is 0.0781. The maximum Gasteiger partial charge on any atom is 0.459 e. The van der Waals surface area contributed by atoms with Crippen LogP contribution < -0.4 is 29.9 Å². The fourth-order valence-electron chi connectivity index (χ4n) is 4.71. The first kappa shape index (κ1) is 35.7. The number of ketones is 1. The molecule has 0 aromatic heterocycles. The number of carbonyl (C=O) groups excluding carboxylic acids is 4. The summed E-state index contributed by atoms with van der Waals surface area (Å²) in [6.07, 6.45) is -0.0785. The Morgan fingerprint density at radius 3 is 1.88 bits per heavy atom. The van der Waals surface area contributed by atoms with E-state index in [-0.39, 0.29) is 28.8 Å². The van der Waals surface area contributed by atoms with Crippen molar-refractivity contribution in [2.45, 2.75) is 33.2 Å². The fraction of sp³-hybridized carbons (Fsp3) is 0.216. The second kappa shape index (κ2) is 15.6. The number of hydrogen-bond donors (Lipinski definition) is 2. The molecule has 0 atom stereocenters. The Kier molecular flexibility index (Phi) is 11.4. The van der Waals surface area contributed by atoms with Crippen LogP contribution in [0.4, 0.5) is 16.2 Å². The van der Waals surface area contributed by atoms with Crippen molar-refractivity contribution >= 4 is 41.4 Å². The number of rotatable bonds is 11. The zero-order chi connectivity index (χ0) is 35.7. The Bertz CT molecular complexity index is 1840. The molecule has 0 aliphatic carbocycles. The number of hydroxylamine groups is 1. The lowest BCUT2D eigenvalue weighted by Gasteiger charge is -2.34. The van der Waals surface area contributed by atoms with Crippen LogP contribution in [0, 0.1) is 6.92 Å². The highest BCUT2D eigenvalue weighted by Crippen LogP contribution is 2.38. The molecule has 0 spiro atoms. The van der Waals surface area contributed by atoms with Gasteiger partial charge in [-0.3, -0.25) is 14.4 Å². The first-order chi connectivity index (χ1) is 23.4. The number of aliphatic imine (C=N–C) groups is 1. The molecule has 49 heavy (non-hydrogen) atoms. The van der Waals surface area contributed by atoms with Crippen molar-refractivity contribution in [3.63, 3.8) is 0 Å². The number of nitrogens with zero attached hydrogens (tertiary/aromatic N) is 2. The molecule has 0 saturated carbocycles. The summed E-state index contributed by atoms with van der Waals surface area (Å²) in [5, 5.41) is 6.68. The molecule has 0 aliphatic rings. The van der Waals surface area contributed by atoms with E-state index < -0.39 is 17.5 Å². The molecule has 0 saturated heterocycles. The van der Waals surface area contributed by atoms with Crippen molar-refractivity contribution in [2.75, 3.05) is 31.7 Å². The van der Waals surface area contributed by atoms with Crippen LogP contribution in [0.25, 0.3) is 0 Å². The summed E-state index contributed by atoms with van der Waals surface area (Å²) in [5.74, 6) is -0.216. The number of benzene rings is 4. The standard InChI is InChI=1S/C37H38N4O8/c1-23-13-18-28(21-29(23)40-35(44)26-16-14-25(15-17-26)32(42)24-11-9-8-10-12-24)41(37(2,3)4)49-36(45)39-22-38-34(43)27-19-30(46-5)33(48-7)31(20-27)47-6/h8-22H,1-7H3,(H,40,44)(H,38,39,43,45). The van der Waals surface area contributed by atoms with E-state index in [4.69, 9.17) is 19.0 Å². The van der Waals surface area contributed by atoms with Crippen molar-refractivity contribution in [1.82, 2.24) is 5.32 Å². The van der Waals surface area contributed by atoms with E-state index in [0.717, 1.165) is 11.9 Å². The Morgan fingerprint density at radius 1 is 0.714 bits per heavy atom. The predicted molar refractivity (Wildman–Crippen MR) is 186 cm³/mol. The third kappa shape index (κ3) is 8.80. The van der Waals surface area contributed by atoms with E-state index in [0.29, 0.717) is 33.8 Å². The number of aryl methyl sites for hydroxylation is 1. The Labute approximate surface area is 284 Å². The minimum Gasteiger partial charge on any atom is -0.493 e. The predicted octanol–water partition coefficient (Wildman–Crippen LogP) is 6.62. The van der Waals surface area contributed by atoms with E-state index in [2.05, 4.69) is 15.6 Å². The Morgan fingerprint density at radius 2 is 1.31 bits per heavy atom. The van der Waals surface area contributed by atoms with Crippen molar-refractivity contribution in [3.05, 3.63) is 113 Å². The number of ether oxygens (including phenoxy) is 3. The summed E-state index contributed by atoms with van der Waals surface area (Å²) in [6, 6.07) is 23.4. The molecule has 0 heterocycles. The van der Waals surface area contributed by atoms with Gasteiger partial charge in [0.05, 0.1) is 32.6 Å². The molecule has 4 rings (SSSR count). The molecule has 4 aromatic carbocycles. The lowest BCUT2D eigenvalue weighted by Crippen LogP contribution is -2.42. The van der Waals surface area contributed by atoms with Crippen LogP contribution in [0.15, 0.2) is 89.9 Å². The molecule has 0 aliphatic heterocycles. The number of anilines is 2. The summed E-state index contributed by atoms with van der Waals surface area (Å²) in [4.78, 5) is 60.8. The molecule has 0 bridgehead atoms. The molecule has 3 amide bonds. The van der Waals surface area contributed by atoms with Crippen LogP contribution in [-0.4, -0.2) is 56.9 Å². The van der Waals surface area contributed by atoms with Gasteiger partial charge >= 0.3 is 6.09 Å². The molecule has 4 aromatic rings. The topological polar surface area (TPSA) is 145 Å². The van der Waals surface area contributed by atoms with E-state index in [9.17, 15) is 19.2 Å². The third-order valence-corrected chi connectivity index (χ3v) is 7.22. The summed E-state index contributed by atoms with van der Waals surface area (Å²) >= 11 is 0. The van der Waals surface area contributed by atoms with Crippen molar-refractivity contribution < 1.29 is 38.2 Å². The van der Waals surface area contributed by atoms with Gasteiger partial charge in [0, 0.05) is 27.9 Å². The highest BCUT2D eigenvalue weighted by atomic mass is 16.7. The van der Waals surface area contributed by atoms with Crippen LogP contribution in [0.1, 0.15) is 63.0 Å². The molecule has 12 heteroatoms. The van der Waals surface area contributed by atoms with Crippen molar-refractivity contribution in [2.24, 2.45) is 4.99 Å². The molecule has 0 fully saturated rings. The molecular formula is C37H38N4O8. The molecule has 2 N–H and O–H groups in total. The maximum atomic E-state index is 13.2. The van der Waals surface area contributed by atoms with Crippen LogP contribution in [0.5, 0.6) is 17.2 Å². The zero-order valence-corrected chi connectivity index (χ0v) is 28.3. The minimum absolute atomic E-state index is 0.141. The van der Waals surface area contributed by atoms with Gasteiger partial charge in [-0.2, -0.15) is 10.1 Å². The molecule has 12 nitrogen and oxygen atoms in total. The first-order valence-corrected chi connectivity index (χ1v) is 15.1. The largest absolute Gasteiger partial charge is 0.493 e.